The minimum atomic E-state index is -4.45. The Morgan fingerprint density at radius 3 is 2.50 bits per heavy atom. The fraction of sp³-hybridized carbons (Fsp3) is 0.538. The van der Waals surface area contributed by atoms with Crippen molar-refractivity contribution in [3.05, 3.63) is 45.2 Å². The molecule has 2 N–H and O–H groups in total. The lowest BCUT2D eigenvalue weighted by molar-refractivity contribution is -0.137. The fourth-order valence-electron chi connectivity index (χ4n) is 5.39. The molecule has 0 atom stereocenters. The zero-order valence-corrected chi connectivity index (χ0v) is 22.1. The second-order valence-corrected chi connectivity index (χ2v) is 11.2. The third kappa shape index (κ3) is 6.28. The van der Waals surface area contributed by atoms with Gasteiger partial charge < -0.3 is 19.7 Å². The van der Waals surface area contributed by atoms with Gasteiger partial charge in [0, 0.05) is 35.1 Å². The number of fused-ring (bicyclic) bond motifs is 3. The molecule has 12 heteroatoms. The molecule has 0 bridgehead atoms. The van der Waals surface area contributed by atoms with E-state index in [0.29, 0.717) is 47.3 Å². The van der Waals surface area contributed by atoms with Gasteiger partial charge in [0.05, 0.1) is 18.8 Å². The number of pyridine rings is 1. The van der Waals surface area contributed by atoms with Gasteiger partial charge in [0.2, 0.25) is 5.91 Å². The second-order valence-electron chi connectivity index (χ2n) is 10.1. The minimum absolute atomic E-state index is 0.184. The molecule has 5 rings (SSSR count). The minimum Gasteiger partial charge on any atom is -0.450 e. The number of halogens is 3. The van der Waals surface area contributed by atoms with E-state index in [1.54, 1.807) is 13.1 Å². The van der Waals surface area contributed by atoms with Gasteiger partial charge in [-0.15, -0.1) is 11.3 Å². The summed E-state index contributed by atoms with van der Waals surface area (Å²) >= 11 is 0.689. The molecule has 3 aromatic heterocycles. The fourth-order valence-corrected chi connectivity index (χ4v) is 6.31. The number of thiazole rings is 1. The average molecular weight is 553 g/mol. The summed E-state index contributed by atoms with van der Waals surface area (Å²) in [5.41, 5.74) is 3.27. The number of aromatic nitrogens is 3. The van der Waals surface area contributed by atoms with Crippen LogP contribution >= 0.6 is 11.3 Å². The molecule has 206 valence electrons. The first-order valence-electron chi connectivity index (χ1n) is 12.6. The van der Waals surface area contributed by atoms with Crippen LogP contribution in [0.4, 0.5) is 18.0 Å². The van der Waals surface area contributed by atoms with Crippen molar-refractivity contribution in [2.75, 3.05) is 6.54 Å². The van der Waals surface area contributed by atoms with Crippen LogP contribution in [0.1, 0.15) is 65.9 Å². The predicted octanol–water partition coefficient (Wildman–Crippen LogP) is 6.19. The maximum Gasteiger partial charge on any atom is 0.503 e. The zero-order chi connectivity index (χ0) is 27.6. The van der Waals surface area contributed by atoms with Gasteiger partial charge in [-0.25, -0.2) is 14.8 Å². The number of hydrogen-bond acceptors (Lipinski definition) is 5. The largest absolute Gasteiger partial charge is 0.503 e. The van der Waals surface area contributed by atoms with Crippen LogP contribution in [0.3, 0.4) is 0 Å². The van der Waals surface area contributed by atoms with Crippen LogP contribution in [0.25, 0.3) is 11.0 Å². The number of rotatable bonds is 4. The highest BCUT2D eigenvalue weighted by atomic mass is 32.1. The molecule has 0 unspecified atom stereocenters. The maximum atomic E-state index is 13.2. The van der Waals surface area contributed by atoms with Gasteiger partial charge in [0.25, 0.3) is 0 Å². The smallest absolute Gasteiger partial charge is 0.450 e. The average Bonchev–Trinajstić information content (AvgIpc) is 3.38. The first-order valence-corrected chi connectivity index (χ1v) is 13.4. The number of carbonyl (C=O) groups is 2. The Balaban J connectivity index is 0.000000786. The molecule has 1 aliphatic carbocycles. The van der Waals surface area contributed by atoms with Crippen LogP contribution in [0, 0.1) is 18.8 Å². The quantitative estimate of drug-likeness (QED) is 0.400. The van der Waals surface area contributed by atoms with Crippen LogP contribution in [0.15, 0.2) is 18.3 Å². The SMILES string of the molecule is Cc1nc(C(F)(F)F)sc1Cn1c2c(c3cccnc31)CCN(C(=O)C[C@H]1CC[C@@H](C)CC1)C2.O=C(O)O. The molecule has 38 heavy (non-hydrogen) atoms. The number of nitrogens with zero attached hydrogens (tertiary/aromatic N) is 4. The van der Waals surface area contributed by atoms with E-state index in [2.05, 4.69) is 16.9 Å². The first-order chi connectivity index (χ1) is 17.9. The van der Waals surface area contributed by atoms with E-state index < -0.39 is 17.3 Å². The van der Waals surface area contributed by atoms with Crippen molar-refractivity contribution in [3.8, 4) is 0 Å². The Morgan fingerprint density at radius 2 is 1.87 bits per heavy atom. The van der Waals surface area contributed by atoms with Crippen LogP contribution < -0.4 is 0 Å². The highest BCUT2D eigenvalue weighted by molar-refractivity contribution is 7.11. The number of alkyl halides is 3. The van der Waals surface area contributed by atoms with E-state index >= 15 is 0 Å². The van der Waals surface area contributed by atoms with Crippen molar-refractivity contribution < 1.29 is 33.0 Å². The normalized spacial score (nSPS) is 19.6. The Hall–Kier alpha value is -3.15. The molecule has 1 fully saturated rings. The molecule has 1 amide bonds. The topological polar surface area (TPSA) is 109 Å². The standard InChI is InChI=1S/C25H29F3N4OS.CH2O3/c1-15-5-7-17(8-6-15)12-22(33)31-11-9-18-19-4-3-10-29-23(19)32(20(18)13-31)14-21-16(2)30-24(34-21)25(26,27)28;2-1(3)4/h3-4,10,15,17H,5-9,11-14H2,1-2H3;(H2,2,3,4)/t15-,17+;. The summed E-state index contributed by atoms with van der Waals surface area (Å²) in [4.78, 5) is 32.6. The van der Waals surface area contributed by atoms with E-state index in [1.807, 2.05) is 21.6 Å². The second kappa shape index (κ2) is 11.3. The summed E-state index contributed by atoms with van der Waals surface area (Å²) in [6, 6.07) is 3.90. The van der Waals surface area contributed by atoms with E-state index in [0.717, 1.165) is 47.5 Å². The van der Waals surface area contributed by atoms with Crippen LogP contribution in [0.2, 0.25) is 0 Å². The summed E-state index contributed by atoms with van der Waals surface area (Å²) in [7, 11) is 0. The van der Waals surface area contributed by atoms with Crippen LogP contribution in [-0.2, 0) is 30.5 Å². The van der Waals surface area contributed by atoms with Gasteiger partial charge in [-0.05, 0) is 55.7 Å². The summed E-state index contributed by atoms with van der Waals surface area (Å²) in [5.74, 6) is 1.39. The van der Waals surface area contributed by atoms with Crippen molar-refractivity contribution in [2.24, 2.45) is 11.8 Å². The number of aryl methyl sites for hydroxylation is 1. The van der Waals surface area contributed by atoms with E-state index in [-0.39, 0.29) is 12.5 Å². The third-order valence-corrected chi connectivity index (χ3v) is 8.59. The predicted molar refractivity (Wildman–Crippen MR) is 136 cm³/mol. The molecule has 0 saturated heterocycles. The molecule has 0 radical (unpaired) electrons. The monoisotopic (exact) mass is 552 g/mol. The molecule has 4 heterocycles. The Labute approximate surface area is 222 Å². The van der Waals surface area contributed by atoms with Gasteiger partial charge in [-0.3, -0.25) is 4.79 Å². The van der Waals surface area contributed by atoms with Crippen molar-refractivity contribution in [3.63, 3.8) is 0 Å². The molecule has 0 aromatic carbocycles. The Morgan fingerprint density at radius 1 is 1.18 bits per heavy atom. The number of carboxylic acid groups (broad SMARTS) is 2. The maximum absolute atomic E-state index is 13.2. The highest BCUT2D eigenvalue weighted by Gasteiger charge is 2.36. The van der Waals surface area contributed by atoms with Crippen molar-refractivity contribution in [1.82, 2.24) is 19.4 Å². The van der Waals surface area contributed by atoms with Gasteiger partial charge >= 0.3 is 12.3 Å². The lowest BCUT2D eigenvalue weighted by Crippen LogP contribution is -2.37. The van der Waals surface area contributed by atoms with E-state index in [4.69, 9.17) is 15.0 Å². The highest BCUT2D eigenvalue weighted by Crippen LogP contribution is 2.37. The molecule has 2 aliphatic rings. The number of amides is 1. The molecule has 8 nitrogen and oxygen atoms in total. The molecular weight excluding hydrogens is 521 g/mol. The Kier molecular flexibility index (Phi) is 8.29. The molecule has 0 spiro atoms. The molecule has 3 aromatic rings. The molecular formula is C26H31F3N4O4S. The van der Waals surface area contributed by atoms with Crippen molar-refractivity contribution in [2.45, 2.75) is 71.6 Å². The van der Waals surface area contributed by atoms with Gasteiger partial charge in [0.1, 0.15) is 5.65 Å². The zero-order valence-electron chi connectivity index (χ0n) is 21.3. The summed E-state index contributed by atoms with van der Waals surface area (Å²) in [6.07, 6.45) is 1.34. The lowest BCUT2D eigenvalue weighted by Gasteiger charge is -2.31. The van der Waals surface area contributed by atoms with Gasteiger partial charge in [-0.2, -0.15) is 13.2 Å². The van der Waals surface area contributed by atoms with Crippen molar-refractivity contribution in [1.29, 1.82) is 0 Å². The van der Waals surface area contributed by atoms with E-state index in [9.17, 15) is 18.0 Å². The van der Waals surface area contributed by atoms with Crippen LogP contribution in [0.5, 0.6) is 0 Å². The van der Waals surface area contributed by atoms with Crippen molar-refractivity contribution >= 4 is 34.4 Å². The van der Waals surface area contributed by atoms with Gasteiger partial charge in [-0.1, -0.05) is 19.8 Å². The van der Waals surface area contributed by atoms with E-state index in [1.165, 1.54) is 12.8 Å². The summed E-state index contributed by atoms with van der Waals surface area (Å²) in [5, 5.41) is 14.1. The molecule has 1 aliphatic heterocycles. The third-order valence-electron chi connectivity index (χ3n) is 7.40. The van der Waals surface area contributed by atoms with Crippen LogP contribution in [-0.4, -0.2) is 48.3 Å². The lowest BCUT2D eigenvalue weighted by atomic mass is 9.81. The number of hydrogen-bond donors (Lipinski definition) is 2. The molecule has 1 saturated carbocycles. The van der Waals surface area contributed by atoms with Gasteiger partial charge in [0.15, 0.2) is 5.01 Å². The summed E-state index contributed by atoms with van der Waals surface area (Å²) in [6.45, 7) is 5.30. The first kappa shape index (κ1) is 27.9. The Bertz CT molecular complexity index is 1310. The number of carbonyl (C=O) groups excluding carboxylic acids is 1. The summed E-state index contributed by atoms with van der Waals surface area (Å²) < 4.78 is 41.7.